The molecule has 0 aliphatic heterocycles. The first-order chi connectivity index (χ1) is 5.57. The lowest BCUT2D eigenvalue weighted by Crippen LogP contribution is -2.37. The molecule has 0 saturated heterocycles. The zero-order valence-corrected chi connectivity index (χ0v) is 7.31. The molecule has 0 saturated carbocycles. The largest absolute Gasteiger partial charge is 0.339 e. The molecule has 72 valence electrons. The van der Waals surface area contributed by atoms with Crippen molar-refractivity contribution < 1.29 is 13.6 Å². The molecule has 0 atom stereocenters. The highest BCUT2D eigenvalue weighted by atomic mass is 19.3. The number of amides is 1. The van der Waals surface area contributed by atoms with Crippen LogP contribution in [0.1, 0.15) is 6.92 Å². The van der Waals surface area contributed by atoms with Crippen molar-refractivity contribution in [2.75, 3.05) is 26.7 Å². The van der Waals surface area contributed by atoms with E-state index in [0.717, 1.165) is 4.90 Å². The first-order valence-corrected chi connectivity index (χ1v) is 3.80. The highest BCUT2D eigenvalue weighted by Crippen LogP contribution is 1.95. The van der Waals surface area contributed by atoms with E-state index in [-0.39, 0.29) is 12.5 Å². The van der Waals surface area contributed by atoms with E-state index >= 15 is 0 Å². The molecule has 1 amide bonds. The average molecular weight is 180 g/mol. The lowest BCUT2D eigenvalue weighted by Gasteiger charge is -2.16. The minimum Gasteiger partial charge on any atom is -0.339 e. The maximum absolute atomic E-state index is 11.8. The Morgan fingerprint density at radius 2 is 2.17 bits per heavy atom. The maximum Gasteiger partial charge on any atom is 0.255 e. The van der Waals surface area contributed by atoms with Gasteiger partial charge in [0.15, 0.2) is 0 Å². The zero-order chi connectivity index (χ0) is 9.56. The predicted octanol–water partition coefficient (Wildman–Crippen LogP) is 0.319. The van der Waals surface area contributed by atoms with Crippen LogP contribution in [0, 0.1) is 0 Å². The monoisotopic (exact) mass is 180 g/mol. The van der Waals surface area contributed by atoms with Crippen LogP contribution in [0.5, 0.6) is 0 Å². The van der Waals surface area contributed by atoms with Crippen LogP contribution in [-0.4, -0.2) is 43.9 Å². The molecule has 12 heavy (non-hydrogen) atoms. The van der Waals surface area contributed by atoms with E-state index in [0.29, 0.717) is 6.54 Å². The summed E-state index contributed by atoms with van der Waals surface area (Å²) in [7, 11) is 1.37. The van der Waals surface area contributed by atoms with Gasteiger partial charge in [0.05, 0.1) is 13.1 Å². The zero-order valence-electron chi connectivity index (χ0n) is 7.31. The van der Waals surface area contributed by atoms with Crippen molar-refractivity contribution in [1.82, 2.24) is 10.2 Å². The second kappa shape index (κ2) is 5.88. The second-order valence-electron chi connectivity index (χ2n) is 2.45. The second-order valence-corrected chi connectivity index (χ2v) is 2.45. The van der Waals surface area contributed by atoms with Crippen molar-refractivity contribution in [3.05, 3.63) is 0 Å². The molecular weight excluding hydrogens is 166 g/mol. The fourth-order valence-electron chi connectivity index (χ4n) is 0.676. The Morgan fingerprint density at radius 3 is 2.58 bits per heavy atom. The summed E-state index contributed by atoms with van der Waals surface area (Å²) in [5.41, 5.74) is 0. The first kappa shape index (κ1) is 11.3. The number of nitrogens with zero attached hydrogens (tertiary/aromatic N) is 1. The number of alkyl halides is 2. The minimum atomic E-state index is -2.46. The summed E-state index contributed by atoms with van der Waals surface area (Å²) in [6.07, 6.45) is -2.46. The molecule has 0 unspecified atom stereocenters. The van der Waals surface area contributed by atoms with Crippen molar-refractivity contribution in [1.29, 1.82) is 0 Å². The number of halogens is 2. The van der Waals surface area contributed by atoms with Crippen molar-refractivity contribution in [3.8, 4) is 0 Å². The normalized spacial score (nSPS) is 10.4. The number of carbonyl (C=O) groups excluding carboxylic acids is 1. The van der Waals surface area contributed by atoms with E-state index in [9.17, 15) is 13.6 Å². The van der Waals surface area contributed by atoms with Gasteiger partial charge in [-0.3, -0.25) is 4.79 Å². The van der Waals surface area contributed by atoms with Gasteiger partial charge < -0.3 is 10.2 Å². The SMILES string of the molecule is CCNCC(=O)N(C)CC(F)F. The standard InChI is InChI=1S/C7H14F2N2O/c1-3-10-4-7(12)11(2)5-6(8)9/h6,10H,3-5H2,1-2H3. The van der Waals surface area contributed by atoms with Gasteiger partial charge in [-0.15, -0.1) is 0 Å². The summed E-state index contributed by atoms with van der Waals surface area (Å²) in [6, 6.07) is 0. The van der Waals surface area contributed by atoms with Crippen LogP contribution < -0.4 is 5.32 Å². The van der Waals surface area contributed by atoms with Gasteiger partial charge in [-0.2, -0.15) is 0 Å². The van der Waals surface area contributed by atoms with Crippen molar-refractivity contribution in [2.24, 2.45) is 0 Å². The summed E-state index contributed by atoms with van der Waals surface area (Å²) in [5.74, 6) is -0.308. The molecule has 5 heteroatoms. The Hall–Kier alpha value is -0.710. The van der Waals surface area contributed by atoms with Crippen molar-refractivity contribution in [2.45, 2.75) is 13.3 Å². The average Bonchev–Trinajstić information content (AvgIpc) is 1.98. The molecule has 3 nitrogen and oxygen atoms in total. The Bertz CT molecular complexity index is 141. The third-order valence-corrected chi connectivity index (χ3v) is 1.36. The molecule has 0 spiro atoms. The third kappa shape index (κ3) is 5.01. The van der Waals surface area contributed by atoms with Gasteiger partial charge in [-0.05, 0) is 6.54 Å². The van der Waals surface area contributed by atoms with Crippen LogP contribution >= 0.6 is 0 Å². The van der Waals surface area contributed by atoms with E-state index in [4.69, 9.17) is 0 Å². The molecule has 0 radical (unpaired) electrons. The molecule has 0 aromatic carbocycles. The van der Waals surface area contributed by atoms with Crippen LogP contribution in [0.25, 0.3) is 0 Å². The molecule has 0 aromatic rings. The Balaban J connectivity index is 3.61. The smallest absolute Gasteiger partial charge is 0.255 e. The van der Waals surface area contributed by atoms with Gasteiger partial charge in [0, 0.05) is 7.05 Å². The van der Waals surface area contributed by atoms with Crippen molar-refractivity contribution in [3.63, 3.8) is 0 Å². The number of hydrogen-bond acceptors (Lipinski definition) is 2. The van der Waals surface area contributed by atoms with Crippen LogP contribution in [-0.2, 0) is 4.79 Å². The van der Waals surface area contributed by atoms with Crippen LogP contribution in [0.3, 0.4) is 0 Å². The Morgan fingerprint density at radius 1 is 1.58 bits per heavy atom. The number of carbonyl (C=O) groups is 1. The van der Waals surface area contributed by atoms with Gasteiger partial charge in [-0.25, -0.2) is 8.78 Å². The number of hydrogen-bond donors (Lipinski definition) is 1. The molecule has 0 aliphatic rings. The van der Waals surface area contributed by atoms with E-state index in [1.54, 1.807) is 0 Å². The predicted molar refractivity (Wildman–Crippen MR) is 42.2 cm³/mol. The van der Waals surface area contributed by atoms with Gasteiger partial charge >= 0.3 is 0 Å². The number of nitrogens with one attached hydrogen (secondary N) is 1. The molecule has 0 fully saturated rings. The lowest BCUT2D eigenvalue weighted by atomic mass is 10.5. The van der Waals surface area contributed by atoms with Crippen molar-refractivity contribution >= 4 is 5.91 Å². The van der Waals surface area contributed by atoms with E-state index < -0.39 is 13.0 Å². The summed E-state index contributed by atoms with van der Waals surface area (Å²) in [5, 5.41) is 2.77. The summed E-state index contributed by atoms with van der Waals surface area (Å²) in [4.78, 5) is 12.0. The van der Waals surface area contributed by atoms with Gasteiger partial charge in [0.1, 0.15) is 0 Å². The van der Waals surface area contributed by atoms with E-state index in [1.165, 1.54) is 7.05 Å². The lowest BCUT2D eigenvalue weighted by molar-refractivity contribution is -0.130. The Kier molecular flexibility index (Phi) is 5.53. The quantitative estimate of drug-likeness (QED) is 0.660. The molecule has 0 aliphatic carbocycles. The van der Waals surface area contributed by atoms with E-state index in [1.807, 2.05) is 6.92 Å². The number of rotatable bonds is 5. The molecule has 0 aromatic heterocycles. The minimum absolute atomic E-state index is 0.125. The molecule has 0 heterocycles. The van der Waals surface area contributed by atoms with Gasteiger partial charge in [-0.1, -0.05) is 6.92 Å². The Labute approximate surface area is 70.7 Å². The van der Waals surface area contributed by atoms with Gasteiger partial charge in [0.25, 0.3) is 6.43 Å². The fourth-order valence-corrected chi connectivity index (χ4v) is 0.676. The summed E-state index contributed by atoms with van der Waals surface area (Å²) < 4.78 is 23.5. The molecular formula is C7H14F2N2O. The fraction of sp³-hybridized carbons (Fsp3) is 0.857. The van der Waals surface area contributed by atoms with Crippen LogP contribution in [0.2, 0.25) is 0 Å². The van der Waals surface area contributed by atoms with Gasteiger partial charge in [0.2, 0.25) is 5.91 Å². The van der Waals surface area contributed by atoms with Crippen LogP contribution in [0.15, 0.2) is 0 Å². The molecule has 0 bridgehead atoms. The topological polar surface area (TPSA) is 32.3 Å². The maximum atomic E-state index is 11.8. The van der Waals surface area contributed by atoms with E-state index in [2.05, 4.69) is 5.32 Å². The van der Waals surface area contributed by atoms with Crippen LogP contribution in [0.4, 0.5) is 8.78 Å². The highest BCUT2D eigenvalue weighted by molar-refractivity contribution is 5.77. The summed E-state index contributed by atoms with van der Waals surface area (Å²) in [6.45, 7) is 2.14. The highest BCUT2D eigenvalue weighted by Gasteiger charge is 2.12. The number of likely N-dealkylation sites (N-methyl/N-ethyl adjacent to an activating group) is 2. The third-order valence-electron chi connectivity index (χ3n) is 1.36. The summed E-state index contributed by atoms with van der Waals surface area (Å²) >= 11 is 0. The first-order valence-electron chi connectivity index (χ1n) is 3.80. The molecule has 0 rings (SSSR count). The molecule has 1 N–H and O–H groups in total.